The summed E-state index contributed by atoms with van der Waals surface area (Å²) in [7, 11) is 0. The molecule has 1 aliphatic heterocycles. The molecule has 1 saturated heterocycles. The Morgan fingerprint density at radius 2 is 1.90 bits per heavy atom. The van der Waals surface area contributed by atoms with Crippen LogP contribution in [0.2, 0.25) is 0 Å². The van der Waals surface area contributed by atoms with Gasteiger partial charge in [-0.3, -0.25) is 4.90 Å². The second-order valence-electron chi connectivity index (χ2n) is 5.87. The third-order valence-electron chi connectivity index (χ3n) is 4.38. The van der Waals surface area contributed by atoms with Crippen molar-refractivity contribution in [1.82, 2.24) is 9.88 Å². The number of aromatic nitrogens is 1. The minimum atomic E-state index is 0. The molecule has 114 valence electrons. The van der Waals surface area contributed by atoms with E-state index in [1.807, 2.05) is 6.20 Å². The average molecular weight is 324 g/mol. The van der Waals surface area contributed by atoms with Crippen LogP contribution >= 0.6 is 23.7 Å². The van der Waals surface area contributed by atoms with Crippen LogP contribution in [-0.4, -0.2) is 23.0 Å². The summed E-state index contributed by atoms with van der Waals surface area (Å²) in [6.07, 6.45) is 4.33. The predicted molar refractivity (Wildman–Crippen MR) is 92.1 cm³/mol. The quantitative estimate of drug-likeness (QED) is 0.936. The lowest BCUT2D eigenvalue weighted by molar-refractivity contribution is 0.163. The molecule has 1 fully saturated rings. The zero-order chi connectivity index (χ0) is 14.0. The maximum Gasteiger partial charge on any atom is 0.180 e. The minimum Gasteiger partial charge on any atom is -0.375 e. The van der Waals surface area contributed by atoms with Crippen molar-refractivity contribution < 1.29 is 0 Å². The molecule has 0 radical (unpaired) electrons. The standard InChI is InChI=1S/C16H21N3S.ClH/c1-16(13-5-3-2-4-6-13)7-9-19(10-8-16)12-14-11-18-15(17)20-14;/h2-6,11H,7-10,12H2,1H3,(H2,17,18);1H. The molecule has 21 heavy (non-hydrogen) atoms. The molecule has 3 rings (SSSR count). The van der Waals surface area contributed by atoms with E-state index in [9.17, 15) is 0 Å². The van der Waals surface area contributed by atoms with Gasteiger partial charge in [0, 0.05) is 17.6 Å². The monoisotopic (exact) mass is 323 g/mol. The normalized spacial score (nSPS) is 18.1. The Balaban J connectivity index is 0.00000161. The molecule has 1 aromatic heterocycles. The molecular formula is C16H22ClN3S. The topological polar surface area (TPSA) is 42.2 Å². The summed E-state index contributed by atoms with van der Waals surface area (Å²) in [6.45, 7) is 5.66. The number of thiazole rings is 1. The fraction of sp³-hybridized carbons (Fsp3) is 0.438. The first kappa shape index (κ1) is 16.3. The summed E-state index contributed by atoms with van der Waals surface area (Å²) in [4.78, 5) is 7.91. The largest absolute Gasteiger partial charge is 0.375 e. The highest BCUT2D eigenvalue weighted by Crippen LogP contribution is 2.35. The van der Waals surface area contributed by atoms with Crippen LogP contribution in [-0.2, 0) is 12.0 Å². The van der Waals surface area contributed by atoms with E-state index in [4.69, 9.17) is 5.73 Å². The van der Waals surface area contributed by atoms with Gasteiger partial charge < -0.3 is 5.73 Å². The predicted octanol–water partition coefficient (Wildman–Crippen LogP) is 3.70. The van der Waals surface area contributed by atoms with Crippen LogP contribution in [0, 0.1) is 0 Å². The third kappa shape index (κ3) is 3.76. The SMILES string of the molecule is CC1(c2ccccc2)CCN(Cc2cnc(N)s2)CC1.Cl. The van der Waals surface area contributed by atoms with Crippen molar-refractivity contribution in [3.8, 4) is 0 Å². The van der Waals surface area contributed by atoms with Gasteiger partial charge in [-0.15, -0.1) is 23.7 Å². The molecule has 2 heterocycles. The van der Waals surface area contributed by atoms with Crippen LogP contribution < -0.4 is 5.73 Å². The van der Waals surface area contributed by atoms with Crippen molar-refractivity contribution in [1.29, 1.82) is 0 Å². The molecule has 0 bridgehead atoms. The zero-order valence-corrected chi connectivity index (χ0v) is 13.9. The van der Waals surface area contributed by atoms with E-state index >= 15 is 0 Å². The van der Waals surface area contributed by atoms with Gasteiger partial charge >= 0.3 is 0 Å². The second kappa shape index (κ2) is 6.77. The number of nitrogens with zero attached hydrogens (tertiary/aromatic N) is 2. The smallest absolute Gasteiger partial charge is 0.180 e. The van der Waals surface area contributed by atoms with Crippen LogP contribution in [0.5, 0.6) is 0 Å². The minimum absolute atomic E-state index is 0. The van der Waals surface area contributed by atoms with Crippen molar-refractivity contribution >= 4 is 28.9 Å². The number of rotatable bonds is 3. The molecule has 0 aliphatic carbocycles. The van der Waals surface area contributed by atoms with Crippen LogP contribution in [0.25, 0.3) is 0 Å². The molecule has 1 aromatic carbocycles. The Morgan fingerprint density at radius 1 is 1.24 bits per heavy atom. The molecule has 2 aromatic rings. The van der Waals surface area contributed by atoms with Crippen molar-refractivity contribution in [2.75, 3.05) is 18.8 Å². The van der Waals surface area contributed by atoms with E-state index in [0.717, 1.165) is 19.6 Å². The van der Waals surface area contributed by atoms with Crippen molar-refractivity contribution in [2.45, 2.75) is 31.7 Å². The summed E-state index contributed by atoms with van der Waals surface area (Å²) in [5.74, 6) is 0. The van der Waals surface area contributed by atoms with Crippen LogP contribution in [0.3, 0.4) is 0 Å². The molecule has 0 spiro atoms. The molecule has 0 saturated carbocycles. The average Bonchev–Trinajstić information content (AvgIpc) is 2.88. The Kier molecular flexibility index (Phi) is 5.25. The lowest BCUT2D eigenvalue weighted by Crippen LogP contribution is -2.40. The Hall–Kier alpha value is -1.10. The molecule has 5 heteroatoms. The van der Waals surface area contributed by atoms with Crippen molar-refractivity contribution in [2.24, 2.45) is 0 Å². The molecule has 0 amide bonds. The van der Waals surface area contributed by atoms with Crippen molar-refractivity contribution in [3.05, 3.63) is 47.0 Å². The van der Waals surface area contributed by atoms with Gasteiger partial charge in [0.05, 0.1) is 0 Å². The molecule has 0 unspecified atom stereocenters. The van der Waals surface area contributed by atoms with Gasteiger partial charge in [0.25, 0.3) is 0 Å². The van der Waals surface area contributed by atoms with Crippen LogP contribution in [0.15, 0.2) is 36.5 Å². The number of piperidine rings is 1. The molecule has 2 N–H and O–H groups in total. The summed E-state index contributed by atoms with van der Waals surface area (Å²) < 4.78 is 0. The molecule has 1 aliphatic rings. The van der Waals surface area contributed by atoms with E-state index in [-0.39, 0.29) is 12.4 Å². The first-order valence-corrected chi connectivity index (χ1v) is 7.95. The summed E-state index contributed by atoms with van der Waals surface area (Å²) >= 11 is 1.60. The van der Waals surface area contributed by atoms with Gasteiger partial charge in [0.15, 0.2) is 5.13 Å². The van der Waals surface area contributed by atoms with Crippen LogP contribution in [0.1, 0.15) is 30.2 Å². The Labute approximate surface area is 136 Å². The number of halogens is 1. The number of benzene rings is 1. The van der Waals surface area contributed by atoms with Gasteiger partial charge in [-0.2, -0.15) is 0 Å². The number of likely N-dealkylation sites (tertiary alicyclic amines) is 1. The van der Waals surface area contributed by atoms with E-state index < -0.39 is 0 Å². The van der Waals surface area contributed by atoms with E-state index in [1.165, 1.54) is 23.3 Å². The van der Waals surface area contributed by atoms with E-state index in [0.29, 0.717) is 10.5 Å². The summed E-state index contributed by atoms with van der Waals surface area (Å²) in [5.41, 5.74) is 7.49. The highest BCUT2D eigenvalue weighted by Gasteiger charge is 2.31. The van der Waals surface area contributed by atoms with Crippen LogP contribution in [0.4, 0.5) is 5.13 Å². The van der Waals surface area contributed by atoms with Gasteiger partial charge in [0.1, 0.15) is 0 Å². The highest BCUT2D eigenvalue weighted by atomic mass is 35.5. The number of hydrogen-bond donors (Lipinski definition) is 1. The molecular weight excluding hydrogens is 302 g/mol. The molecule has 0 atom stereocenters. The Morgan fingerprint density at radius 3 is 2.48 bits per heavy atom. The summed E-state index contributed by atoms with van der Waals surface area (Å²) in [6, 6.07) is 10.9. The fourth-order valence-electron chi connectivity index (χ4n) is 2.95. The van der Waals surface area contributed by atoms with Gasteiger partial charge in [-0.1, -0.05) is 37.3 Å². The lowest BCUT2D eigenvalue weighted by Gasteiger charge is -2.39. The fourth-order valence-corrected chi connectivity index (χ4v) is 3.68. The van der Waals surface area contributed by atoms with Crippen molar-refractivity contribution in [3.63, 3.8) is 0 Å². The maximum absolute atomic E-state index is 5.69. The van der Waals surface area contributed by atoms with E-state index in [1.54, 1.807) is 11.3 Å². The van der Waals surface area contributed by atoms with E-state index in [2.05, 4.69) is 47.1 Å². The first-order valence-electron chi connectivity index (χ1n) is 7.14. The second-order valence-corrected chi connectivity index (χ2v) is 7.01. The number of nitrogen functional groups attached to an aromatic ring is 1. The third-order valence-corrected chi connectivity index (χ3v) is 5.19. The Bertz CT molecular complexity index is 562. The maximum atomic E-state index is 5.69. The lowest BCUT2D eigenvalue weighted by atomic mass is 9.74. The summed E-state index contributed by atoms with van der Waals surface area (Å²) in [5, 5.41) is 0.672. The number of nitrogens with two attached hydrogens (primary N) is 1. The number of anilines is 1. The number of hydrogen-bond acceptors (Lipinski definition) is 4. The van der Waals surface area contributed by atoms with Gasteiger partial charge in [-0.25, -0.2) is 4.98 Å². The molecule has 3 nitrogen and oxygen atoms in total. The van der Waals surface area contributed by atoms with Gasteiger partial charge in [0.2, 0.25) is 0 Å². The highest BCUT2D eigenvalue weighted by molar-refractivity contribution is 7.15. The zero-order valence-electron chi connectivity index (χ0n) is 12.3. The van der Waals surface area contributed by atoms with Gasteiger partial charge in [-0.05, 0) is 36.9 Å². The first-order chi connectivity index (χ1) is 9.66.